The molecule has 11 heavy (non-hydrogen) atoms. The van der Waals surface area contributed by atoms with Gasteiger partial charge in [-0.3, -0.25) is 4.79 Å². The highest BCUT2D eigenvalue weighted by Crippen LogP contribution is 2.11. The summed E-state index contributed by atoms with van der Waals surface area (Å²) in [5, 5.41) is 2.77. The van der Waals surface area contributed by atoms with E-state index >= 15 is 0 Å². The van der Waals surface area contributed by atoms with Crippen LogP contribution in [0, 0.1) is 0 Å². The molecule has 64 valence electrons. The Kier molecular flexibility index (Phi) is 2.82. The molecule has 3 nitrogen and oxygen atoms in total. The molecule has 2 atom stereocenters. The average Bonchev–Trinajstić information content (AvgIpc) is 2.05. The van der Waals surface area contributed by atoms with Crippen LogP contribution in [0.2, 0.25) is 0 Å². The fraction of sp³-hybridized carbons (Fsp3) is 0.857. The Morgan fingerprint density at radius 2 is 2.36 bits per heavy atom. The predicted molar refractivity (Wildman–Crippen MR) is 37.9 cm³/mol. The average molecular weight is 161 g/mol. The Balaban J connectivity index is 2.33. The van der Waals surface area contributed by atoms with E-state index in [-0.39, 0.29) is 18.6 Å². The van der Waals surface area contributed by atoms with Gasteiger partial charge in [-0.05, 0) is 12.8 Å². The molecule has 1 aliphatic heterocycles. The van der Waals surface area contributed by atoms with Crippen molar-refractivity contribution in [3.8, 4) is 0 Å². The lowest BCUT2D eigenvalue weighted by Gasteiger charge is -2.23. The SMILES string of the molecule is COC(=O)[C@H]1CC[C@H](F)CN1. The van der Waals surface area contributed by atoms with Gasteiger partial charge in [-0.1, -0.05) is 0 Å². The Morgan fingerprint density at radius 3 is 2.82 bits per heavy atom. The molecule has 0 unspecified atom stereocenters. The molecule has 0 aromatic carbocycles. The van der Waals surface area contributed by atoms with E-state index in [0.717, 1.165) is 0 Å². The van der Waals surface area contributed by atoms with Crippen molar-refractivity contribution in [2.75, 3.05) is 13.7 Å². The molecule has 0 aliphatic carbocycles. The summed E-state index contributed by atoms with van der Waals surface area (Å²) in [6, 6.07) is -0.299. The summed E-state index contributed by atoms with van der Waals surface area (Å²) in [5.74, 6) is -0.295. The molecule has 1 N–H and O–H groups in total. The highest BCUT2D eigenvalue weighted by Gasteiger charge is 2.25. The molecular formula is C7H12FNO2. The van der Waals surface area contributed by atoms with E-state index in [1.165, 1.54) is 7.11 Å². The number of hydrogen-bond acceptors (Lipinski definition) is 3. The maximum absolute atomic E-state index is 12.5. The van der Waals surface area contributed by atoms with Crippen molar-refractivity contribution in [1.29, 1.82) is 0 Å². The molecule has 0 spiro atoms. The quantitative estimate of drug-likeness (QED) is 0.560. The van der Waals surface area contributed by atoms with E-state index < -0.39 is 6.17 Å². The minimum absolute atomic E-state index is 0.264. The van der Waals surface area contributed by atoms with Crippen molar-refractivity contribution in [3.63, 3.8) is 0 Å². The number of esters is 1. The van der Waals surface area contributed by atoms with Crippen LogP contribution in [-0.2, 0) is 9.53 Å². The van der Waals surface area contributed by atoms with Gasteiger partial charge in [0.1, 0.15) is 12.2 Å². The van der Waals surface area contributed by atoms with Crippen LogP contribution in [0.5, 0.6) is 0 Å². The van der Waals surface area contributed by atoms with E-state index in [1.807, 2.05) is 0 Å². The molecule has 0 saturated carbocycles. The third kappa shape index (κ3) is 2.15. The second kappa shape index (κ2) is 3.67. The van der Waals surface area contributed by atoms with Crippen molar-refractivity contribution in [2.24, 2.45) is 0 Å². The summed E-state index contributed by atoms with van der Waals surface area (Å²) >= 11 is 0. The van der Waals surface area contributed by atoms with Crippen molar-refractivity contribution in [3.05, 3.63) is 0 Å². The highest BCUT2D eigenvalue weighted by molar-refractivity contribution is 5.75. The summed E-state index contributed by atoms with van der Waals surface area (Å²) in [4.78, 5) is 10.9. The number of hydrogen-bond donors (Lipinski definition) is 1. The van der Waals surface area contributed by atoms with Gasteiger partial charge in [0.2, 0.25) is 0 Å². The highest BCUT2D eigenvalue weighted by atomic mass is 19.1. The Bertz CT molecular complexity index is 143. The van der Waals surface area contributed by atoms with Crippen LogP contribution in [-0.4, -0.2) is 31.8 Å². The number of piperidine rings is 1. The first-order valence-corrected chi connectivity index (χ1v) is 3.69. The first-order valence-electron chi connectivity index (χ1n) is 3.69. The van der Waals surface area contributed by atoms with Gasteiger partial charge in [0.25, 0.3) is 0 Å². The summed E-state index contributed by atoms with van der Waals surface area (Å²) in [6.45, 7) is 0.264. The second-order valence-electron chi connectivity index (χ2n) is 2.66. The van der Waals surface area contributed by atoms with Gasteiger partial charge in [-0.25, -0.2) is 4.39 Å². The zero-order valence-electron chi connectivity index (χ0n) is 6.47. The van der Waals surface area contributed by atoms with E-state index in [2.05, 4.69) is 10.1 Å². The molecule has 0 radical (unpaired) electrons. The van der Waals surface area contributed by atoms with Crippen molar-refractivity contribution in [2.45, 2.75) is 25.1 Å². The minimum Gasteiger partial charge on any atom is -0.468 e. The van der Waals surface area contributed by atoms with Crippen LogP contribution in [0.4, 0.5) is 4.39 Å². The summed E-state index contributed by atoms with van der Waals surface area (Å²) in [7, 11) is 1.34. The number of halogens is 1. The standard InChI is InChI=1S/C7H12FNO2/c1-11-7(10)6-3-2-5(8)4-9-6/h5-6,9H,2-4H2,1H3/t5-,6+/m0/s1. The van der Waals surface area contributed by atoms with Crippen molar-refractivity contribution in [1.82, 2.24) is 5.32 Å². The zero-order valence-corrected chi connectivity index (χ0v) is 6.47. The summed E-state index contributed by atoms with van der Waals surface area (Å²) in [6.07, 6.45) is 0.177. The number of carbonyl (C=O) groups excluding carboxylic acids is 1. The van der Waals surface area contributed by atoms with E-state index in [4.69, 9.17) is 0 Å². The number of nitrogens with one attached hydrogen (secondary N) is 1. The van der Waals surface area contributed by atoms with Crippen molar-refractivity contribution >= 4 is 5.97 Å². The normalized spacial score (nSPS) is 31.5. The first-order chi connectivity index (χ1) is 5.24. The maximum Gasteiger partial charge on any atom is 0.322 e. The number of alkyl halides is 1. The number of rotatable bonds is 1. The molecule has 1 rings (SSSR count). The Hall–Kier alpha value is -0.640. The van der Waals surface area contributed by atoms with Gasteiger partial charge in [0.05, 0.1) is 7.11 Å². The van der Waals surface area contributed by atoms with Crippen molar-refractivity contribution < 1.29 is 13.9 Å². The van der Waals surface area contributed by atoms with Gasteiger partial charge < -0.3 is 10.1 Å². The van der Waals surface area contributed by atoms with Crippen LogP contribution in [0.1, 0.15) is 12.8 Å². The molecule has 0 aromatic heterocycles. The van der Waals surface area contributed by atoms with Crippen LogP contribution in [0.3, 0.4) is 0 Å². The fourth-order valence-electron chi connectivity index (χ4n) is 1.17. The molecule has 4 heteroatoms. The summed E-state index contributed by atoms with van der Waals surface area (Å²) < 4.78 is 17.0. The molecule has 1 saturated heterocycles. The van der Waals surface area contributed by atoms with Crippen LogP contribution < -0.4 is 5.32 Å². The van der Waals surface area contributed by atoms with Gasteiger partial charge in [-0.2, -0.15) is 0 Å². The lowest BCUT2D eigenvalue weighted by atomic mass is 10.0. The van der Waals surface area contributed by atoms with Crippen LogP contribution in [0.25, 0.3) is 0 Å². The third-order valence-corrected chi connectivity index (χ3v) is 1.84. The second-order valence-corrected chi connectivity index (χ2v) is 2.66. The largest absolute Gasteiger partial charge is 0.468 e. The van der Waals surface area contributed by atoms with Gasteiger partial charge >= 0.3 is 5.97 Å². The molecule has 1 aliphatic rings. The summed E-state index contributed by atoms with van der Waals surface area (Å²) in [5.41, 5.74) is 0. The van der Waals surface area contributed by atoms with Gasteiger partial charge in [0, 0.05) is 6.54 Å². The topological polar surface area (TPSA) is 38.3 Å². The lowest BCUT2D eigenvalue weighted by Crippen LogP contribution is -2.45. The molecule has 0 aromatic rings. The molecular weight excluding hydrogens is 149 g/mol. The lowest BCUT2D eigenvalue weighted by molar-refractivity contribution is -0.144. The van der Waals surface area contributed by atoms with E-state index in [0.29, 0.717) is 12.8 Å². The predicted octanol–water partition coefficient (Wildman–Crippen LogP) is 0.249. The first kappa shape index (κ1) is 8.46. The molecule has 0 bridgehead atoms. The van der Waals surface area contributed by atoms with Crippen LogP contribution in [0.15, 0.2) is 0 Å². The fourth-order valence-corrected chi connectivity index (χ4v) is 1.17. The van der Waals surface area contributed by atoms with Gasteiger partial charge in [-0.15, -0.1) is 0 Å². The zero-order chi connectivity index (χ0) is 8.27. The Morgan fingerprint density at radius 1 is 1.64 bits per heavy atom. The smallest absolute Gasteiger partial charge is 0.322 e. The van der Waals surface area contributed by atoms with Crippen LogP contribution >= 0.6 is 0 Å². The Labute approximate surface area is 64.9 Å². The number of ether oxygens (including phenoxy) is 1. The van der Waals surface area contributed by atoms with Gasteiger partial charge in [0.15, 0.2) is 0 Å². The molecule has 1 fully saturated rings. The van der Waals surface area contributed by atoms with E-state index in [1.54, 1.807) is 0 Å². The monoisotopic (exact) mass is 161 g/mol. The number of methoxy groups -OCH3 is 1. The maximum atomic E-state index is 12.5. The molecule has 0 amide bonds. The number of carbonyl (C=O) groups is 1. The molecule has 1 heterocycles. The van der Waals surface area contributed by atoms with E-state index in [9.17, 15) is 9.18 Å². The minimum atomic E-state index is -0.809. The third-order valence-electron chi connectivity index (χ3n) is 1.84.